The van der Waals surface area contributed by atoms with Crippen LogP contribution in [0.25, 0.3) is 0 Å². The molecule has 1 saturated heterocycles. The van der Waals surface area contributed by atoms with Gasteiger partial charge in [-0.1, -0.05) is 11.8 Å². The van der Waals surface area contributed by atoms with Crippen molar-refractivity contribution in [2.75, 3.05) is 0 Å². The molecule has 0 aliphatic carbocycles. The molecule has 0 aromatic carbocycles. The van der Waals surface area contributed by atoms with Crippen molar-refractivity contribution in [1.82, 2.24) is 0 Å². The maximum absolute atomic E-state index is 12.6. The molecule has 0 amide bonds. The van der Waals surface area contributed by atoms with Gasteiger partial charge >= 0.3 is 15.8 Å². The van der Waals surface area contributed by atoms with Crippen molar-refractivity contribution >= 4 is 23.5 Å². The molecule has 78 valence electrons. The summed E-state index contributed by atoms with van der Waals surface area (Å²) in [6.45, 7) is 0. The minimum Gasteiger partial charge on any atom is -0.228 e. The van der Waals surface area contributed by atoms with E-state index in [-0.39, 0.29) is 0 Å². The van der Waals surface area contributed by atoms with Gasteiger partial charge in [0.1, 0.15) is 0 Å². The molecule has 1 fully saturated rings. The first-order valence-corrected chi connectivity index (χ1v) is 4.44. The minimum absolute atomic E-state index is 1.06. The standard InChI is InChI=1S/C4HF7S2/c5-1-2(6,7)13-4(11,12-1)3(8,9)10/h1H/t1-,4-/m0/s1. The number of alkyl halides is 7. The molecule has 0 bridgehead atoms. The van der Waals surface area contributed by atoms with E-state index in [1.165, 1.54) is 0 Å². The highest BCUT2D eigenvalue weighted by molar-refractivity contribution is 8.22. The first-order valence-electron chi connectivity index (χ1n) is 2.74. The van der Waals surface area contributed by atoms with Gasteiger partial charge < -0.3 is 0 Å². The molecular weight excluding hydrogens is 245 g/mol. The zero-order chi connectivity index (χ0) is 10.5. The van der Waals surface area contributed by atoms with Gasteiger partial charge in [0.15, 0.2) is 0 Å². The van der Waals surface area contributed by atoms with Crippen molar-refractivity contribution in [2.45, 2.75) is 21.3 Å². The summed E-state index contributed by atoms with van der Waals surface area (Å²) in [7, 11) is 0. The Labute approximate surface area is 76.2 Å². The summed E-state index contributed by atoms with van der Waals surface area (Å²) in [6.07, 6.45) is -5.51. The summed E-state index contributed by atoms with van der Waals surface area (Å²) in [5, 5.41) is -4.34. The molecule has 0 aromatic rings. The van der Waals surface area contributed by atoms with Crippen LogP contribution in [-0.4, -0.2) is 21.3 Å². The Kier molecular flexibility index (Phi) is 2.47. The summed E-state index contributed by atoms with van der Waals surface area (Å²) < 4.78 is 80.2. The molecule has 0 nitrogen and oxygen atoms in total. The van der Waals surface area contributed by atoms with Crippen molar-refractivity contribution in [3.8, 4) is 0 Å². The Morgan fingerprint density at radius 1 is 1.08 bits per heavy atom. The lowest BCUT2D eigenvalue weighted by Crippen LogP contribution is -2.32. The van der Waals surface area contributed by atoms with Gasteiger partial charge in [-0.25, -0.2) is 8.78 Å². The third-order valence-electron chi connectivity index (χ3n) is 1.13. The zero-order valence-electron chi connectivity index (χ0n) is 5.54. The van der Waals surface area contributed by atoms with E-state index in [1.54, 1.807) is 0 Å². The zero-order valence-corrected chi connectivity index (χ0v) is 7.17. The summed E-state index contributed by atoms with van der Waals surface area (Å²) >= 11 is -2.42. The Bertz CT molecular complexity index is 210. The van der Waals surface area contributed by atoms with Crippen molar-refractivity contribution in [3.05, 3.63) is 0 Å². The van der Waals surface area contributed by atoms with Crippen LogP contribution in [0.15, 0.2) is 0 Å². The summed E-state index contributed by atoms with van der Waals surface area (Å²) in [5.74, 6) is 0. The lowest BCUT2D eigenvalue weighted by molar-refractivity contribution is -0.165. The Morgan fingerprint density at radius 3 is 1.69 bits per heavy atom. The molecule has 0 spiro atoms. The van der Waals surface area contributed by atoms with E-state index >= 15 is 0 Å². The van der Waals surface area contributed by atoms with Gasteiger partial charge in [0.2, 0.25) is 5.50 Å². The fourth-order valence-corrected chi connectivity index (χ4v) is 2.74. The maximum atomic E-state index is 12.6. The van der Waals surface area contributed by atoms with Crippen molar-refractivity contribution in [3.63, 3.8) is 0 Å². The fourth-order valence-electron chi connectivity index (χ4n) is 0.572. The average Bonchev–Trinajstić information content (AvgIpc) is 2.01. The molecular formula is C4HF7S2. The highest BCUT2D eigenvalue weighted by Crippen LogP contribution is 2.66. The van der Waals surface area contributed by atoms with Gasteiger partial charge in [-0.15, -0.1) is 0 Å². The maximum Gasteiger partial charge on any atom is 0.442 e. The van der Waals surface area contributed by atoms with Gasteiger partial charge in [-0.2, -0.15) is 22.0 Å². The van der Waals surface area contributed by atoms with Crippen LogP contribution in [0.5, 0.6) is 0 Å². The normalized spacial score (nSPS) is 39.5. The first-order chi connectivity index (χ1) is 5.58. The third kappa shape index (κ3) is 1.85. The van der Waals surface area contributed by atoms with E-state index in [0.29, 0.717) is 0 Å². The van der Waals surface area contributed by atoms with E-state index in [9.17, 15) is 30.7 Å². The van der Waals surface area contributed by atoms with Gasteiger partial charge in [-0.05, 0) is 11.8 Å². The van der Waals surface area contributed by atoms with Crippen LogP contribution in [0.1, 0.15) is 0 Å². The van der Waals surface area contributed by atoms with Crippen molar-refractivity contribution in [1.29, 1.82) is 0 Å². The van der Waals surface area contributed by atoms with Crippen LogP contribution in [0, 0.1) is 0 Å². The lowest BCUT2D eigenvalue weighted by atomic mass is 10.7. The second-order valence-electron chi connectivity index (χ2n) is 2.13. The summed E-state index contributed by atoms with van der Waals surface area (Å²) in [4.78, 5) is 0. The molecule has 2 atom stereocenters. The second kappa shape index (κ2) is 2.85. The molecule has 0 unspecified atom stereocenters. The van der Waals surface area contributed by atoms with Crippen LogP contribution < -0.4 is 0 Å². The van der Waals surface area contributed by atoms with E-state index in [1.807, 2.05) is 0 Å². The number of rotatable bonds is 0. The van der Waals surface area contributed by atoms with Crippen LogP contribution in [0.3, 0.4) is 0 Å². The predicted octanol–water partition coefficient (Wildman–Crippen LogP) is 3.54. The van der Waals surface area contributed by atoms with Crippen LogP contribution in [0.4, 0.5) is 30.7 Å². The minimum atomic E-state index is -5.51. The number of thioether (sulfide) groups is 2. The smallest absolute Gasteiger partial charge is 0.228 e. The van der Waals surface area contributed by atoms with Crippen LogP contribution in [-0.2, 0) is 0 Å². The predicted molar refractivity (Wildman–Crippen MR) is 34.9 cm³/mol. The highest BCUT2D eigenvalue weighted by atomic mass is 32.2. The summed E-state index contributed by atoms with van der Waals surface area (Å²) in [5.41, 5.74) is -3.18. The number of hydrogen-bond acceptors (Lipinski definition) is 2. The van der Waals surface area contributed by atoms with E-state index in [0.717, 1.165) is 0 Å². The molecule has 1 aliphatic heterocycles. The number of hydrogen-bond donors (Lipinski definition) is 0. The Morgan fingerprint density at radius 2 is 1.54 bits per heavy atom. The molecule has 9 heteroatoms. The van der Waals surface area contributed by atoms with Crippen molar-refractivity contribution < 1.29 is 30.7 Å². The number of halogens is 7. The largest absolute Gasteiger partial charge is 0.442 e. The third-order valence-corrected chi connectivity index (χ3v) is 3.82. The molecule has 13 heavy (non-hydrogen) atoms. The molecule has 1 rings (SSSR count). The highest BCUT2D eigenvalue weighted by Gasteiger charge is 2.71. The van der Waals surface area contributed by atoms with E-state index in [4.69, 9.17) is 0 Å². The quantitative estimate of drug-likeness (QED) is 0.599. The van der Waals surface area contributed by atoms with E-state index in [2.05, 4.69) is 0 Å². The first kappa shape index (κ1) is 11.3. The summed E-state index contributed by atoms with van der Waals surface area (Å²) in [6, 6.07) is 0. The SMILES string of the molecule is F[C@H]1S[C@@](F)(C(F)(F)F)SC1(F)F. The average molecular weight is 246 g/mol. The molecule has 0 aromatic heterocycles. The second-order valence-corrected chi connectivity index (χ2v) is 4.91. The fraction of sp³-hybridized carbons (Fsp3) is 1.00. The molecule has 0 saturated carbocycles. The van der Waals surface area contributed by atoms with Crippen LogP contribution >= 0.6 is 23.5 Å². The van der Waals surface area contributed by atoms with E-state index < -0.39 is 44.8 Å². The molecule has 1 heterocycles. The Hall–Kier alpha value is 0.210. The van der Waals surface area contributed by atoms with Gasteiger partial charge in [-0.3, -0.25) is 0 Å². The molecule has 1 aliphatic rings. The topological polar surface area (TPSA) is 0 Å². The lowest BCUT2D eigenvalue weighted by Gasteiger charge is -2.19. The van der Waals surface area contributed by atoms with Gasteiger partial charge in [0, 0.05) is 0 Å². The Balaban J connectivity index is 2.89. The van der Waals surface area contributed by atoms with Gasteiger partial charge in [0.05, 0.1) is 0 Å². The van der Waals surface area contributed by atoms with Crippen LogP contribution in [0.2, 0.25) is 0 Å². The molecule has 0 radical (unpaired) electrons. The van der Waals surface area contributed by atoms with Gasteiger partial charge in [0.25, 0.3) is 0 Å². The van der Waals surface area contributed by atoms with Crippen molar-refractivity contribution in [2.24, 2.45) is 0 Å². The molecule has 0 N–H and O–H groups in total. The monoisotopic (exact) mass is 246 g/mol.